The van der Waals surface area contributed by atoms with Crippen LogP contribution >= 0.6 is 0 Å². The highest BCUT2D eigenvalue weighted by atomic mass is 16.2. The summed E-state index contributed by atoms with van der Waals surface area (Å²) in [6.45, 7) is 5.99. The van der Waals surface area contributed by atoms with Gasteiger partial charge < -0.3 is 15.5 Å². The van der Waals surface area contributed by atoms with Gasteiger partial charge in [-0.3, -0.25) is 9.59 Å². The molecule has 1 saturated heterocycles. The zero-order chi connectivity index (χ0) is 24.1. The van der Waals surface area contributed by atoms with Crippen molar-refractivity contribution in [3.8, 4) is 0 Å². The van der Waals surface area contributed by atoms with Crippen LogP contribution in [0.25, 0.3) is 17.1 Å². The van der Waals surface area contributed by atoms with Crippen LogP contribution in [0.2, 0.25) is 0 Å². The monoisotopic (exact) mass is 462 g/mol. The molecule has 34 heavy (non-hydrogen) atoms. The van der Waals surface area contributed by atoms with Crippen molar-refractivity contribution in [1.29, 1.82) is 0 Å². The van der Waals surface area contributed by atoms with Gasteiger partial charge in [0.05, 0.1) is 5.52 Å². The average Bonchev–Trinajstić information content (AvgIpc) is 3.28. The van der Waals surface area contributed by atoms with Gasteiger partial charge in [-0.25, -0.2) is 14.6 Å². The van der Waals surface area contributed by atoms with Gasteiger partial charge in [0.25, 0.3) is 0 Å². The number of rotatable bonds is 9. The molecule has 1 fully saturated rings. The summed E-state index contributed by atoms with van der Waals surface area (Å²) >= 11 is 0. The number of piperidine rings is 1. The first kappa shape index (κ1) is 23.3. The van der Waals surface area contributed by atoms with Crippen molar-refractivity contribution in [3.05, 3.63) is 48.3 Å². The van der Waals surface area contributed by atoms with Crippen molar-refractivity contribution in [2.45, 2.75) is 44.7 Å². The minimum absolute atomic E-state index is 0.157. The number of nitrogens with two attached hydrogens (primary N) is 1. The van der Waals surface area contributed by atoms with E-state index in [1.807, 2.05) is 11.9 Å². The molecule has 0 aliphatic carbocycles. The number of aryl methyl sites for hydroxylation is 1. The fraction of sp³-hybridized carbons (Fsp3) is 0.417. The highest BCUT2D eigenvalue weighted by Gasteiger charge is 2.26. The summed E-state index contributed by atoms with van der Waals surface area (Å²) in [5.74, 6) is 0.401. The second kappa shape index (κ2) is 10.4. The third kappa shape index (κ3) is 5.22. The largest absolute Gasteiger partial charge is 0.366 e. The maximum atomic E-state index is 12.7. The van der Waals surface area contributed by atoms with Crippen LogP contribution in [0.3, 0.4) is 0 Å². The topological polar surface area (TPSA) is 123 Å². The second-order valence-corrected chi connectivity index (χ2v) is 8.58. The number of hydrogen-bond donors (Lipinski definition) is 1. The number of primary amides is 1. The average molecular weight is 463 g/mol. The van der Waals surface area contributed by atoms with E-state index >= 15 is 0 Å². The molecule has 0 atom stereocenters. The highest BCUT2D eigenvalue weighted by Crippen LogP contribution is 2.20. The minimum Gasteiger partial charge on any atom is -0.366 e. The van der Waals surface area contributed by atoms with Crippen LogP contribution in [0.5, 0.6) is 0 Å². The fourth-order valence-corrected chi connectivity index (χ4v) is 4.25. The van der Waals surface area contributed by atoms with Gasteiger partial charge >= 0.3 is 0 Å². The third-order valence-corrected chi connectivity index (χ3v) is 6.39. The predicted octanol–water partition coefficient (Wildman–Crippen LogP) is 2.26. The van der Waals surface area contributed by atoms with Crippen molar-refractivity contribution in [3.63, 3.8) is 0 Å². The van der Waals surface area contributed by atoms with Crippen LogP contribution in [0.4, 0.5) is 5.95 Å². The molecule has 1 aliphatic heterocycles. The molecule has 178 valence electrons. The Labute approximate surface area is 198 Å². The summed E-state index contributed by atoms with van der Waals surface area (Å²) in [6.07, 6.45) is 9.08. The molecular formula is C24H30N8O2. The Bertz CT molecular complexity index is 1170. The second-order valence-electron chi connectivity index (χ2n) is 8.58. The molecule has 2 amide bonds. The quantitative estimate of drug-likeness (QED) is 0.484. The highest BCUT2D eigenvalue weighted by molar-refractivity contribution is 5.96. The lowest BCUT2D eigenvalue weighted by Crippen LogP contribution is -2.46. The lowest BCUT2D eigenvalue weighted by Gasteiger charge is -2.36. The summed E-state index contributed by atoms with van der Waals surface area (Å²) in [4.78, 5) is 37.1. The summed E-state index contributed by atoms with van der Waals surface area (Å²) in [5, 5.41) is 8.29. The molecule has 10 heteroatoms. The van der Waals surface area contributed by atoms with E-state index in [0.717, 1.165) is 55.8 Å². The van der Waals surface area contributed by atoms with Crippen molar-refractivity contribution in [2.75, 3.05) is 25.0 Å². The Balaban J connectivity index is 1.22. The molecule has 0 radical (unpaired) electrons. The lowest BCUT2D eigenvalue weighted by molar-refractivity contribution is -0.132. The SMILES string of the molecule is C=Cc1cnc(N2CCC(N(C)C(=O)CCCCn3nnc4ccc(C(N)=O)cc43)CC2)nc1. The maximum Gasteiger partial charge on any atom is 0.248 e. The molecule has 10 nitrogen and oxygen atoms in total. The number of anilines is 1. The molecule has 0 bridgehead atoms. The van der Waals surface area contributed by atoms with Crippen molar-refractivity contribution < 1.29 is 9.59 Å². The Morgan fingerprint density at radius 1 is 1.21 bits per heavy atom. The molecule has 3 aromatic rings. The fourth-order valence-electron chi connectivity index (χ4n) is 4.25. The third-order valence-electron chi connectivity index (χ3n) is 6.39. The van der Waals surface area contributed by atoms with Crippen LogP contribution in [0, 0.1) is 0 Å². The van der Waals surface area contributed by atoms with Crippen molar-refractivity contribution in [1.82, 2.24) is 29.9 Å². The summed E-state index contributed by atoms with van der Waals surface area (Å²) in [5.41, 5.74) is 8.19. The van der Waals surface area contributed by atoms with E-state index in [-0.39, 0.29) is 11.9 Å². The molecule has 4 rings (SSSR count). The van der Waals surface area contributed by atoms with Crippen LogP contribution in [0.1, 0.15) is 48.0 Å². The van der Waals surface area contributed by atoms with Gasteiger partial charge in [-0.15, -0.1) is 5.10 Å². The molecular weight excluding hydrogens is 432 g/mol. The normalized spacial score (nSPS) is 14.3. The van der Waals surface area contributed by atoms with Gasteiger partial charge in [-0.05, 0) is 43.9 Å². The zero-order valence-corrected chi connectivity index (χ0v) is 19.4. The first-order valence-electron chi connectivity index (χ1n) is 11.5. The van der Waals surface area contributed by atoms with Crippen LogP contribution in [-0.4, -0.2) is 67.9 Å². The molecule has 1 aliphatic rings. The first-order valence-corrected chi connectivity index (χ1v) is 11.5. The van der Waals surface area contributed by atoms with E-state index < -0.39 is 5.91 Å². The Kier molecular flexibility index (Phi) is 7.15. The number of nitrogens with zero attached hydrogens (tertiary/aromatic N) is 7. The van der Waals surface area contributed by atoms with E-state index in [1.54, 1.807) is 41.4 Å². The maximum absolute atomic E-state index is 12.7. The first-order chi connectivity index (χ1) is 16.5. The smallest absolute Gasteiger partial charge is 0.248 e. The molecule has 0 spiro atoms. The molecule has 1 aromatic carbocycles. The number of hydrogen-bond acceptors (Lipinski definition) is 7. The van der Waals surface area contributed by atoms with Crippen molar-refractivity contribution in [2.24, 2.45) is 5.73 Å². The molecule has 2 N–H and O–H groups in total. The molecule has 3 heterocycles. The molecule has 2 aromatic heterocycles. The number of amides is 2. The number of carbonyl (C=O) groups excluding carboxylic acids is 2. The van der Waals surface area contributed by atoms with Gasteiger partial charge in [0.15, 0.2) is 0 Å². The number of unbranched alkanes of at least 4 members (excludes halogenated alkanes) is 1. The number of carbonyl (C=O) groups is 2. The number of fused-ring (bicyclic) bond motifs is 1. The van der Waals surface area contributed by atoms with Gasteiger partial charge in [-0.2, -0.15) is 0 Å². The van der Waals surface area contributed by atoms with Gasteiger partial charge in [0.2, 0.25) is 17.8 Å². The van der Waals surface area contributed by atoms with Crippen LogP contribution in [0.15, 0.2) is 37.2 Å². The van der Waals surface area contributed by atoms with E-state index in [2.05, 4.69) is 31.8 Å². The summed E-state index contributed by atoms with van der Waals surface area (Å²) < 4.78 is 1.76. The van der Waals surface area contributed by atoms with E-state index in [4.69, 9.17) is 5.73 Å². The minimum atomic E-state index is -0.479. The number of benzene rings is 1. The standard InChI is InChI=1S/C24H30N8O2/c1-3-17-15-26-24(27-16-17)31-12-9-19(10-13-31)30(2)22(33)6-4-5-11-32-21-14-18(23(25)34)7-8-20(21)28-29-32/h3,7-8,14-16,19H,1,4-6,9-13H2,2H3,(H2,25,34). The van der Waals surface area contributed by atoms with Gasteiger partial charge in [-0.1, -0.05) is 17.9 Å². The predicted molar refractivity (Wildman–Crippen MR) is 130 cm³/mol. The van der Waals surface area contributed by atoms with Crippen molar-refractivity contribution >= 4 is 34.9 Å². The van der Waals surface area contributed by atoms with Gasteiger partial charge in [0, 0.05) is 62.7 Å². The Morgan fingerprint density at radius 2 is 1.94 bits per heavy atom. The Hall–Kier alpha value is -3.82. The molecule has 0 unspecified atom stereocenters. The van der Waals surface area contributed by atoms with E-state index in [0.29, 0.717) is 24.0 Å². The summed E-state index contributed by atoms with van der Waals surface area (Å²) in [6, 6.07) is 5.32. The zero-order valence-electron chi connectivity index (χ0n) is 19.4. The van der Waals surface area contributed by atoms with Gasteiger partial charge in [0.1, 0.15) is 5.52 Å². The summed E-state index contributed by atoms with van der Waals surface area (Å²) in [7, 11) is 1.90. The lowest BCUT2D eigenvalue weighted by atomic mass is 10.0. The van der Waals surface area contributed by atoms with Crippen LogP contribution in [-0.2, 0) is 11.3 Å². The van der Waals surface area contributed by atoms with Crippen LogP contribution < -0.4 is 10.6 Å². The van der Waals surface area contributed by atoms with E-state index in [1.165, 1.54) is 0 Å². The molecule has 0 saturated carbocycles. The number of aromatic nitrogens is 5. The Morgan fingerprint density at radius 3 is 2.62 bits per heavy atom. The van der Waals surface area contributed by atoms with E-state index in [9.17, 15) is 9.59 Å².